The zero-order valence-corrected chi connectivity index (χ0v) is 16.6. The highest BCUT2D eigenvalue weighted by Crippen LogP contribution is 2.30. The van der Waals surface area contributed by atoms with E-state index in [9.17, 15) is 4.79 Å². The number of likely N-dealkylation sites (tertiary alicyclic amines) is 1. The molecule has 0 bridgehead atoms. The van der Waals surface area contributed by atoms with Gasteiger partial charge in [0.15, 0.2) is 5.76 Å². The van der Waals surface area contributed by atoms with Crippen LogP contribution in [0.2, 0.25) is 0 Å². The van der Waals surface area contributed by atoms with E-state index in [2.05, 4.69) is 19.9 Å². The number of carbonyl (C=O) groups is 1. The Morgan fingerprint density at radius 1 is 1.15 bits per heavy atom. The minimum atomic E-state index is 0.0396. The maximum atomic E-state index is 13.2. The Labute approximate surface area is 160 Å². The van der Waals surface area contributed by atoms with Crippen LogP contribution in [0.3, 0.4) is 0 Å². The first-order valence-electron chi connectivity index (χ1n) is 10.2. The molecule has 2 aliphatic heterocycles. The van der Waals surface area contributed by atoms with Crippen molar-refractivity contribution in [2.24, 2.45) is 0 Å². The van der Waals surface area contributed by atoms with Crippen molar-refractivity contribution in [2.75, 3.05) is 13.1 Å². The quantitative estimate of drug-likeness (QED) is 0.826. The standard InChI is InChI=1S/C20H29N5O2/c1-13(2)18-17(14(3)23-27-18)20(26)24-10-7-8-15(12-24)19-22-21-16-9-5-4-6-11-25(16)19/h13,15H,4-12H2,1-3H3. The SMILES string of the molecule is Cc1noc(C(C)C)c1C(=O)N1CCCC(c2nnc3n2CCCCC3)C1. The lowest BCUT2D eigenvalue weighted by Gasteiger charge is -2.32. The van der Waals surface area contributed by atoms with E-state index in [0.29, 0.717) is 23.6 Å². The van der Waals surface area contributed by atoms with E-state index in [1.54, 1.807) is 0 Å². The number of fused-ring (bicyclic) bond motifs is 1. The van der Waals surface area contributed by atoms with Gasteiger partial charge in [-0.2, -0.15) is 0 Å². The molecule has 1 amide bonds. The molecule has 7 heteroatoms. The number of amides is 1. The summed E-state index contributed by atoms with van der Waals surface area (Å²) in [5.74, 6) is 3.30. The second-order valence-electron chi connectivity index (χ2n) is 8.19. The number of aryl methyl sites for hydroxylation is 2. The molecule has 4 rings (SSSR count). The van der Waals surface area contributed by atoms with Gasteiger partial charge in [0.1, 0.15) is 17.2 Å². The number of hydrogen-bond acceptors (Lipinski definition) is 5. The lowest BCUT2D eigenvalue weighted by atomic mass is 9.95. The van der Waals surface area contributed by atoms with Gasteiger partial charge in [-0.3, -0.25) is 4.79 Å². The molecule has 0 saturated carbocycles. The number of rotatable bonds is 3. The summed E-state index contributed by atoms with van der Waals surface area (Å²) in [6, 6.07) is 0. The third kappa shape index (κ3) is 3.39. The van der Waals surface area contributed by atoms with Gasteiger partial charge in [0, 0.05) is 37.9 Å². The van der Waals surface area contributed by atoms with E-state index in [-0.39, 0.29) is 17.7 Å². The smallest absolute Gasteiger partial charge is 0.259 e. The molecule has 0 N–H and O–H groups in total. The Bertz CT molecular complexity index is 822. The highest BCUT2D eigenvalue weighted by Gasteiger charge is 2.33. The van der Waals surface area contributed by atoms with Crippen LogP contribution in [0, 0.1) is 6.92 Å². The fourth-order valence-corrected chi connectivity index (χ4v) is 4.38. The van der Waals surface area contributed by atoms with E-state index in [1.165, 1.54) is 19.3 Å². The fourth-order valence-electron chi connectivity index (χ4n) is 4.38. The van der Waals surface area contributed by atoms with E-state index < -0.39 is 0 Å². The van der Waals surface area contributed by atoms with Crippen LogP contribution in [0.15, 0.2) is 4.52 Å². The predicted octanol–water partition coefficient (Wildman–Crippen LogP) is 3.44. The van der Waals surface area contributed by atoms with Crippen molar-refractivity contribution in [3.05, 3.63) is 28.7 Å². The molecule has 0 aliphatic carbocycles. The van der Waals surface area contributed by atoms with Crippen molar-refractivity contribution < 1.29 is 9.32 Å². The summed E-state index contributed by atoms with van der Waals surface area (Å²) >= 11 is 0. The molecule has 2 aromatic heterocycles. The first-order chi connectivity index (χ1) is 13.1. The number of aromatic nitrogens is 4. The van der Waals surface area contributed by atoms with E-state index in [0.717, 1.165) is 44.0 Å². The summed E-state index contributed by atoms with van der Waals surface area (Å²) < 4.78 is 7.75. The Kier molecular flexibility index (Phi) is 5.02. The first kappa shape index (κ1) is 18.2. The average molecular weight is 371 g/mol. The van der Waals surface area contributed by atoms with Crippen molar-refractivity contribution >= 4 is 5.91 Å². The highest BCUT2D eigenvalue weighted by atomic mass is 16.5. The molecule has 0 radical (unpaired) electrons. The molecular weight excluding hydrogens is 342 g/mol. The van der Waals surface area contributed by atoms with Crippen molar-refractivity contribution in [1.82, 2.24) is 24.8 Å². The molecule has 2 aromatic rings. The maximum absolute atomic E-state index is 13.2. The maximum Gasteiger partial charge on any atom is 0.259 e. The first-order valence-corrected chi connectivity index (χ1v) is 10.2. The summed E-state index contributed by atoms with van der Waals surface area (Å²) in [7, 11) is 0. The average Bonchev–Trinajstić information content (AvgIpc) is 3.17. The van der Waals surface area contributed by atoms with Crippen LogP contribution in [0.1, 0.15) is 91.2 Å². The van der Waals surface area contributed by atoms with Gasteiger partial charge in [-0.25, -0.2) is 0 Å². The van der Waals surface area contributed by atoms with Crippen LogP contribution in [0.4, 0.5) is 0 Å². The number of nitrogens with zero attached hydrogens (tertiary/aromatic N) is 5. The summed E-state index contributed by atoms with van der Waals surface area (Å²) in [6.07, 6.45) is 6.69. The Morgan fingerprint density at radius 2 is 2.00 bits per heavy atom. The largest absolute Gasteiger partial charge is 0.360 e. The molecule has 1 fully saturated rings. The van der Waals surface area contributed by atoms with Gasteiger partial charge < -0.3 is 14.0 Å². The molecule has 1 saturated heterocycles. The minimum absolute atomic E-state index is 0.0396. The zero-order chi connectivity index (χ0) is 19.0. The third-order valence-corrected chi connectivity index (χ3v) is 5.84. The Balaban J connectivity index is 1.56. The van der Waals surface area contributed by atoms with Crippen LogP contribution in [-0.4, -0.2) is 43.8 Å². The molecule has 146 valence electrons. The normalized spacial score (nSPS) is 20.6. The van der Waals surface area contributed by atoms with Crippen molar-refractivity contribution in [1.29, 1.82) is 0 Å². The van der Waals surface area contributed by atoms with E-state index in [1.807, 2.05) is 25.7 Å². The lowest BCUT2D eigenvalue weighted by molar-refractivity contribution is 0.0699. The van der Waals surface area contributed by atoms with Crippen molar-refractivity contribution in [2.45, 2.75) is 77.7 Å². The van der Waals surface area contributed by atoms with Crippen LogP contribution in [0.25, 0.3) is 0 Å². The van der Waals surface area contributed by atoms with Crippen molar-refractivity contribution in [3.63, 3.8) is 0 Å². The lowest BCUT2D eigenvalue weighted by Crippen LogP contribution is -2.40. The number of hydrogen-bond donors (Lipinski definition) is 0. The van der Waals surface area contributed by atoms with E-state index in [4.69, 9.17) is 4.52 Å². The van der Waals surface area contributed by atoms with Gasteiger partial charge in [0.25, 0.3) is 5.91 Å². The molecular formula is C20H29N5O2. The van der Waals surface area contributed by atoms with Gasteiger partial charge >= 0.3 is 0 Å². The molecule has 2 aliphatic rings. The second kappa shape index (κ2) is 7.44. The fraction of sp³-hybridized carbons (Fsp3) is 0.700. The molecule has 0 aromatic carbocycles. The predicted molar refractivity (Wildman–Crippen MR) is 101 cm³/mol. The Morgan fingerprint density at radius 3 is 2.81 bits per heavy atom. The molecule has 0 spiro atoms. The summed E-state index contributed by atoms with van der Waals surface area (Å²) in [5, 5.41) is 13.0. The Hall–Kier alpha value is -2.18. The zero-order valence-electron chi connectivity index (χ0n) is 16.6. The number of piperidine rings is 1. The summed E-state index contributed by atoms with van der Waals surface area (Å²) in [4.78, 5) is 15.2. The van der Waals surface area contributed by atoms with Crippen molar-refractivity contribution in [3.8, 4) is 0 Å². The molecule has 27 heavy (non-hydrogen) atoms. The van der Waals surface area contributed by atoms with Crippen LogP contribution >= 0.6 is 0 Å². The summed E-state index contributed by atoms with van der Waals surface area (Å²) in [6.45, 7) is 8.38. The van der Waals surface area contributed by atoms with Crippen LogP contribution < -0.4 is 0 Å². The van der Waals surface area contributed by atoms with Crippen LogP contribution in [-0.2, 0) is 13.0 Å². The topological polar surface area (TPSA) is 77.1 Å². The van der Waals surface area contributed by atoms with E-state index >= 15 is 0 Å². The minimum Gasteiger partial charge on any atom is -0.360 e. The van der Waals surface area contributed by atoms with Gasteiger partial charge in [-0.05, 0) is 32.6 Å². The van der Waals surface area contributed by atoms with Gasteiger partial charge in [-0.1, -0.05) is 25.4 Å². The molecule has 7 nitrogen and oxygen atoms in total. The highest BCUT2D eigenvalue weighted by molar-refractivity contribution is 5.96. The molecule has 1 atom stereocenters. The second-order valence-corrected chi connectivity index (χ2v) is 8.19. The monoisotopic (exact) mass is 371 g/mol. The van der Waals surface area contributed by atoms with Gasteiger partial charge in [0.2, 0.25) is 0 Å². The summed E-state index contributed by atoms with van der Waals surface area (Å²) in [5.41, 5.74) is 1.33. The molecule has 1 unspecified atom stereocenters. The molecule has 4 heterocycles. The number of carbonyl (C=O) groups excluding carboxylic acids is 1. The van der Waals surface area contributed by atoms with Crippen LogP contribution in [0.5, 0.6) is 0 Å². The van der Waals surface area contributed by atoms with Gasteiger partial charge in [-0.15, -0.1) is 10.2 Å². The third-order valence-electron chi connectivity index (χ3n) is 5.84. The van der Waals surface area contributed by atoms with Gasteiger partial charge in [0.05, 0.1) is 5.69 Å².